The lowest BCUT2D eigenvalue weighted by atomic mass is 10.1. The Morgan fingerprint density at radius 1 is 1.10 bits per heavy atom. The van der Waals surface area contributed by atoms with E-state index >= 15 is 0 Å². The summed E-state index contributed by atoms with van der Waals surface area (Å²) in [7, 11) is 1.52. The normalized spacial score (nSPS) is 15.2. The first kappa shape index (κ1) is 14.0. The van der Waals surface area contributed by atoms with Crippen LogP contribution in [0.15, 0.2) is 18.2 Å². The molecule has 0 radical (unpaired) electrons. The number of amides is 4. The van der Waals surface area contributed by atoms with Crippen molar-refractivity contribution in [2.24, 2.45) is 0 Å². The molecule has 0 bridgehead atoms. The summed E-state index contributed by atoms with van der Waals surface area (Å²) in [6.07, 6.45) is 0. The Morgan fingerprint density at radius 2 is 1.75 bits per heavy atom. The van der Waals surface area contributed by atoms with Crippen molar-refractivity contribution in [1.82, 2.24) is 9.80 Å². The van der Waals surface area contributed by atoms with Crippen LogP contribution in [0.25, 0.3) is 0 Å². The highest BCUT2D eigenvalue weighted by molar-refractivity contribution is 6.44. The average molecular weight is 276 g/mol. The van der Waals surface area contributed by atoms with Crippen molar-refractivity contribution in [2.45, 2.75) is 20.4 Å². The van der Waals surface area contributed by atoms with E-state index in [0.29, 0.717) is 11.3 Å². The van der Waals surface area contributed by atoms with Gasteiger partial charge in [-0.05, 0) is 19.9 Å². The summed E-state index contributed by atoms with van der Waals surface area (Å²) < 4.78 is 5.21. The molecule has 2 rings (SSSR count). The van der Waals surface area contributed by atoms with Gasteiger partial charge in [-0.2, -0.15) is 0 Å². The number of carbonyl (C=O) groups excluding carboxylic acids is 3. The minimum absolute atomic E-state index is 0.0325. The van der Waals surface area contributed by atoms with Gasteiger partial charge in [0, 0.05) is 12.1 Å². The monoisotopic (exact) mass is 276 g/mol. The summed E-state index contributed by atoms with van der Waals surface area (Å²) in [5.74, 6) is -0.983. The Labute approximate surface area is 116 Å². The van der Waals surface area contributed by atoms with Crippen LogP contribution in [-0.2, 0) is 16.1 Å². The first-order valence-electron chi connectivity index (χ1n) is 6.30. The van der Waals surface area contributed by atoms with E-state index in [1.54, 1.807) is 13.0 Å². The van der Waals surface area contributed by atoms with Gasteiger partial charge in [0.1, 0.15) is 5.75 Å². The standard InChI is InChI=1S/C14H16N2O4/c1-4-15-12(17)13(18)16(14(15)19)8-10-7-9(2)5-6-11(10)20-3/h5-7H,4,8H2,1-3H3. The molecule has 1 aliphatic rings. The second-order valence-corrected chi connectivity index (χ2v) is 4.54. The summed E-state index contributed by atoms with van der Waals surface area (Å²) in [6.45, 7) is 3.77. The Kier molecular flexibility index (Phi) is 3.74. The zero-order valence-corrected chi connectivity index (χ0v) is 11.7. The lowest BCUT2D eigenvalue weighted by Gasteiger charge is -2.16. The number of methoxy groups -OCH3 is 1. The van der Waals surface area contributed by atoms with Crippen LogP contribution in [0.4, 0.5) is 4.79 Å². The zero-order valence-electron chi connectivity index (χ0n) is 11.7. The number of urea groups is 1. The Bertz CT molecular complexity index is 583. The van der Waals surface area contributed by atoms with Crippen LogP contribution in [0.1, 0.15) is 18.1 Å². The number of nitrogens with zero attached hydrogens (tertiary/aromatic N) is 2. The van der Waals surface area contributed by atoms with Gasteiger partial charge < -0.3 is 4.74 Å². The second-order valence-electron chi connectivity index (χ2n) is 4.54. The lowest BCUT2D eigenvalue weighted by molar-refractivity contribution is -0.143. The molecule has 0 atom stereocenters. The largest absolute Gasteiger partial charge is 0.496 e. The highest BCUT2D eigenvalue weighted by Gasteiger charge is 2.43. The Hall–Kier alpha value is -2.37. The summed E-state index contributed by atoms with van der Waals surface area (Å²) in [5.41, 5.74) is 1.68. The molecule has 20 heavy (non-hydrogen) atoms. The van der Waals surface area contributed by atoms with Crippen LogP contribution < -0.4 is 4.74 Å². The fourth-order valence-electron chi connectivity index (χ4n) is 2.17. The van der Waals surface area contributed by atoms with Crippen LogP contribution in [0, 0.1) is 6.92 Å². The molecule has 0 unspecified atom stereocenters. The van der Waals surface area contributed by atoms with E-state index < -0.39 is 17.8 Å². The van der Waals surface area contributed by atoms with Crippen molar-refractivity contribution >= 4 is 17.8 Å². The number of hydrogen-bond acceptors (Lipinski definition) is 4. The number of hydrogen-bond donors (Lipinski definition) is 0. The summed E-state index contributed by atoms with van der Waals surface area (Å²) >= 11 is 0. The Morgan fingerprint density at radius 3 is 2.30 bits per heavy atom. The van der Waals surface area contributed by atoms with Gasteiger partial charge in [-0.3, -0.25) is 19.4 Å². The molecule has 0 aliphatic carbocycles. The first-order chi connectivity index (χ1) is 9.49. The average Bonchev–Trinajstić information content (AvgIpc) is 2.63. The molecule has 0 saturated carbocycles. The lowest BCUT2D eigenvalue weighted by Crippen LogP contribution is -2.33. The summed E-state index contributed by atoms with van der Waals surface area (Å²) in [4.78, 5) is 37.4. The van der Waals surface area contributed by atoms with E-state index in [2.05, 4.69) is 0 Å². The van der Waals surface area contributed by atoms with Crippen LogP contribution in [0.5, 0.6) is 5.75 Å². The quantitative estimate of drug-likeness (QED) is 0.614. The Balaban J connectivity index is 2.31. The van der Waals surface area contributed by atoms with Gasteiger partial charge in [0.2, 0.25) is 0 Å². The van der Waals surface area contributed by atoms with E-state index in [1.807, 2.05) is 19.1 Å². The van der Waals surface area contributed by atoms with Crippen LogP contribution >= 0.6 is 0 Å². The van der Waals surface area contributed by atoms with Gasteiger partial charge in [0.25, 0.3) is 0 Å². The van der Waals surface area contributed by atoms with Crippen LogP contribution in [0.3, 0.4) is 0 Å². The molecule has 6 heteroatoms. The molecule has 1 saturated heterocycles. The van der Waals surface area contributed by atoms with E-state index in [1.165, 1.54) is 7.11 Å². The molecule has 106 valence electrons. The van der Waals surface area contributed by atoms with Crippen molar-refractivity contribution in [3.8, 4) is 5.75 Å². The predicted octanol–water partition coefficient (Wildman–Crippen LogP) is 1.31. The smallest absolute Gasteiger partial charge is 0.334 e. The molecule has 0 N–H and O–H groups in total. The molecule has 0 spiro atoms. The van der Waals surface area contributed by atoms with Crippen molar-refractivity contribution in [3.63, 3.8) is 0 Å². The van der Waals surface area contributed by atoms with Gasteiger partial charge in [-0.15, -0.1) is 0 Å². The molecule has 6 nitrogen and oxygen atoms in total. The van der Waals surface area contributed by atoms with Gasteiger partial charge in [-0.1, -0.05) is 17.7 Å². The molecular weight excluding hydrogens is 260 g/mol. The molecule has 4 amide bonds. The van der Waals surface area contributed by atoms with E-state index in [0.717, 1.165) is 15.4 Å². The summed E-state index contributed by atoms with van der Waals surface area (Å²) in [6, 6.07) is 4.90. The van der Waals surface area contributed by atoms with Gasteiger partial charge >= 0.3 is 17.8 Å². The number of benzene rings is 1. The third kappa shape index (κ3) is 2.24. The number of ether oxygens (including phenoxy) is 1. The highest BCUT2D eigenvalue weighted by atomic mass is 16.5. The molecule has 0 aromatic heterocycles. The van der Waals surface area contributed by atoms with Gasteiger partial charge in [-0.25, -0.2) is 4.79 Å². The van der Waals surface area contributed by atoms with Crippen molar-refractivity contribution in [3.05, 3.63) is 29.3 Å². The SMILES string of the molecule is CCN1C(=O)C(=O)N(Cc2cc(C)ccc2OC)C1=O. The minimum Gasteiger partial charge on any atom is -0.496 e. The first-order valence-corrected chi connectivity index (χ1v) is 6.30. The predicted molar refractivity (Wildman–Crippen MR) is 71.1 cm³/mol. The maximum atomic E-state index is 12.0. The van der Waals surface area contributed by atoms with Gasteiger partial charge in [0.15, 0.2) is 0 Å². The maximum absolute atomic E-state index is 12.0. The van der Waals surface area contributed by atoms with E-state index in [4.69, 9.17) is 4.74 Å². The molecule has 1 aromatic rings. The van der Waals surface area contributed by atoms with Gasteiger partial charge in [0.05, 0.1) is 13.7 Å². The van der Waals surface area contributed by atoms with Crippen molar-refractivity contribution in [2.75, 3.05) is 13.7 Å². The van der Waals surface area contributed by atoms with Crippen molar-refractivity contribution in [1.29, 1.82) is 0 Å². The van der Waals surface area contributed by atoms with Crippen LogP contribution in [0.2, 0.25) is 0 Å². The number of rotatable bonds is 4. The molecule has 1 heterocycles. The molecule has 1 aromatic carbocycles. The fourth-order valence-corrected chi connectivity index (χ4v) is 2.17. The molecule has 1 fully saturated rings. The third-order valence-electron chi connectivity index (χ3n) is 3.22. The van der Waals surface area contributed by atoms with Crippen LogP contribution in [-0.4, -0.2) is 41.3 Å². The molecule has 1 aliphatic heterocycles. The number of carbonyl (C=O) groups is 3. The highest BCUT2D eigenvalue weighted by Crippen LogP contribution is 2.24. The summed E-state index contributed by atoms with van der Waals surface area (Å²) in [5, 5.41) is 0. The number of imide groups is 2. The maximum Gasteiger partial charge on any atom is 0.334 e. The second kappa shape index (κ2) is 5.32. The number of aryl methyl sites for hydroxylation is 1. The number of likely N-dealkylation sites (N-methyl/N-ethyl adjacent to an activating group) is 1. The van der Waals surface area contributed by atoms with Crippen molar-refractivity contribution < 1.29 is 19.1 Å². The minimum atomic E-state index is -0.791. The molecular formula is C14H16N2O4. The topological polar surface area (TPSA) is 66.9 Å². The zero-order chi connectivity index (χ0) is 14.9. The van der Waals surface area contributed by atoms with E-state index in [9.17, 15) is 14.4 Å². The van der Waals surface area contributed by atoms with E-state index in [-0.39, 0.29) is 13.1 Å². The fraction of sp³-hybridized carbons (Fsp3) is 0.357. The third-order valence-corrected chi connectivity index (χ3v) is 3.22.